The largest absolute Gasteiger partial charge is 0.495 e. The van der Waals surface area contributed by atoms with Gasteiger partial charge >= 0.3 is 0 Å². The van der Waals surface area contributed by atoms with Crippen molar-refractivity contribution in [3.05, 3.63) is 11.3 Å². The summed E-state index contributed by atoms with van der Waals surface area (Å²) in [6.45, 7) is 17.4. The van der Waals surface area contributed by atoms with Crippen molar-refractivity contribution in [3.8, 4) is 0 Å². The molecule has 1 nitrogen and oxygen atoms in total. The summed E-state index contributed by atoms with van der Waals surface area (Å²) in [5.74, 6) is 1.75. The lowest BCUT2D eigenvalue weighted by atomic mass is 9.69. The van der Waals surface area contributed by atoms with E-state index in [1.54, 1.807) is 0 Å². The first-order valence-electron chi connectivity index (χ1n) is 6.25. The van der Waals surface area contributed by atoms with Gasteiger partial charge in [-0.25, -0.2) is 0 Å². The number of allylic oxidation sites excluding steroid dienone is 2. The molecule has 1 aliphatic rings. The van der Waals surface area contributed by atoms with Crippen LogP contribution in [0.2, 0.25) is 0 Å². The zero-order valence-electron chi connectivity index (χ0n) is 11.8. The normalized spacial score (nSPS) is 29.1. The molecule has 1 heterocycles. The van der Waals surface area contributed by atoms with Gasteiger partial charge in [-0.05, 0) is 31.3 Å². The monoisotopic (exact) mass is 212 g/mol. The molecule has 1 aliphatic heterocycles. The van der Waals surface area contributed by atoms with Gasteiger partial charge in [0.05, 0.1) is 5.76 Å². The molecular weight excluding hydrogens is 184 g/mol. The Bertz CT molecular complexity index is 225. The van der Waals surface area contributed by atoms with Crippen LogP contribution >= 0.6 is 0 Å². The van der Waals surface area contributed by atoms with Crippen molar-refractivity contribution >= 4 is 0 Å². The van der Waals surface area contributed by atoms with E-state index < -0.39 is 0 Å². The summed E-state index contributed by atoms with van der Waals surface area (Å²) in [4.78, 5) is 0. The van der Waals surface area contributed by atoms with E-state index in [1.807, 2.05) is 13.8 Å². The summed E-state index contributed by atoms with van der Waals surface area (Å²) >= 11 is 0. The van der Waals surface area contributed by atoms with Crippen LogP contribution in [0, 0.1) is 11.3 Å². The Morgan fingerprint density at radius 3 is 2.07 bits per heavy atom. The maximum absolute atomic E-state index is 5.88. The summed E-state index contributed by atoms with van der Waals surface area (Å²) < 4.78 is 5.88. The van der Waals surface area contributed by atoms with Gasteiger partial charge in [-0.1, -0.05) is 41.5 Å². The molecule has 0 saturated carbocycles. The zero-order valence-corrected chi connectivity index (χ0v) is 11.8. The van der Waals surface area contributed by atoms with Gasteiger partial charge in [0.1, 0.15) is 6.10 Å². The average molecular weight is 212 g/mol. The van der Waals surface area contributed by atoms with Gasteiger partial charge in [-0.2, -0.15) is 0 Å². The minimum Gasteiger partial charge on any atom is -0.495 e. The van der Waals surface area contributed by atoms with Gasteiger partial charge in [-0.3, -0.25) is 0 Å². The first-order valence-corrected chi connectivity index (χ1v) is 6.25. The Morgan fingerprint density at radius 2 is 1.67 bits per heavy atom. The molecule has 0 bridgehead atoms. The van der Waals surface area contributed by atoms with Crippen LogP contribution in [0.3, 0.4) is 0 Å². The lowest BCUT2D eigenvalue weighted by molar-refractivity contribution is -0.00263. The lowest BCUT2D eigenvalue weighted by Gasteiger charge is -2.43. The molecule has 2 atom stereocenters. The molecule has 1 heteroatoms. The third kappa shape index (κ3) is 2.76. The van der Waals surface area contributed by atoms with Gasteiger partial charge in [0.25, 0.3) is 0 Å². The summed E-state index contributed by atoms with van der Waals surface area (Å²) in [6.07, 6.45) is 1.51. The summed E-state index contributed by atoms with van der Waals surface area (Å²) in [6, 6.07) is 0. The van der Waals surface area contributed by atoms with Crippen LogP contribution in [-0.2, 0) is 4.74 Å². The summed E-state index contributed by atoms with van der Waals surface area (Å²) in [5.41, 5.74) is 1.70. The highest BCUT2D eigenvalue weighted by atomic mass is 16.5. The second-order valence-electron chi connectivity index (χ2n) is 4.76. The van der Waals surface area contributed by atoms with E-state index in [-0.39, 0.29) is 0 Å². The standard InChI is InChI=1S/C12H22O.C2H6/c1-7-11-9(3)12(5,6)8(2)10(4)13-11;1-2/h9,11H,7H2,1-6H3;1-2H3. The quantitative estimate of drug-likeness (QED) is 0.608. The first-order chi connectivity index (χ1) is 6.91. The molecule has 0 aliphatic carbocycles. The van der Waals surface area contributed by atoms with E-state index in [9.17, 15) is 0 Å². The molecule has 15 heavy (non-hydrogen) atoms. The van der Waals surface area contributed by atoms with E-state index in [4.69, 9.17) is 4.74 Å². The Balaban J connectivity index is 0.000000921. The van der Waals surface area contributed by atoms with Crippen LogP contribution in [0.15, 0.2) is 11.3 Å². The maximum atomic E-state index is 5.88. The number of ether oxygens (including phenoxy) is 1. The van der Waals surface area contributed by atoms with E-state index >= 15 is 0 Å². The van der Waals surface area contributed by atoms with Crippen molar-refractivity contribution in [2.45, 2.75) is 67.9 Å². The van der Waals surface area contributed by atoms with Gasteiger partial charge < -0.3 is 4.74 Å². The van der Waals surface area contributed by atoms with Crippen LogP contribution in [0.25, 0.3) is 0 Å². The number of hydrogen-bond acceptors (Lipinski definition) is 1. The molecule has 0 aromatic carbocycles. The van der Waals surface area contributed by atoms with Gasteiger partial charge in [0.2, 0.25) is 0 Å². The van der Waals surface area contributed by atoms with Crippen molar-refractivity contribution in [2.75, 3.05) is 0 Å². The molecule has 0 aromatic heterocycles. The molecule has 0 spiro atoms. The molecule has 0 radical (unpaired) electrons. The van der Waals surface area contributed by atoms with Crippen molar-refractivity contribution in [2.24, 2.45) is 11.3 Å². The average Bonchev–Trinajstić information content (AvgIpc) is 2.24. The minimum atomic E-state index is 0.295. The highest BCUT2D eigenvalue weighted by Crippen LogP contribution is 2.44. The van der Waals surface area contributed by atoms with Crippen LogP contribution in [0.1, 0.15) is 61.8 Å². The Morgan fingerprint density at radius 1 is 1.20 bits per heavy atom. The third-order valence-electron chi connectivity index (χ3n) is 3.92. The molecule has 1 rings (SSSR count). The predicted octanol–water partition coefficient (Wildman–Crippen LogP) is 4.78. The highest BCUT2D eigenvalue weighted by molar-refractivity contribution is 5.18. The van der Waals surface area contributed by atoms with E-state index in [0.717, 1.165) is 12.2 Å². The van der Waals surface area contributed by atoms with Crippen molar-refractivity contribution in [1.82, 2.24) is 0 Å². The Hall–Kier alpha value is -0.460. The van der Waals surface area contributed by atoms with Gasteiger partial charge in [0.15, 0.2) is 0 Å². The molecule has 0 amide bonds. The Kier molecular flexibility index (Phi) is 5.41. The van der Waals surface area contributed by atoms with E-state index in [1.165, 1.54) is 5.57 Å². The number of hydrogen-bond donors (Lipinski definition) is 0. The van der Waals surface area contributed by atoms with Gasteiger partial charge in [0, 0.05) is 5.92 Å². The fourth-order valence-electron chi connectivity index (χ4n) is 2.11. The second kappa shape index (κ2) is 5.58. The fourth-order valence-corrected chi connectivity index (χ4v) is 2.11. The molecule has 90 valence electrons. The zero-order chi connectivity index (χ0) is 12.2. The van der Waals surface area contributed by atoms with Crippen LogP contribution < -0.4 is 0 Å². The van der Waals surface area contributed by atoms with Crippen LogP contribution in [0.5, 0.6) is 0 Å². The SMILES string of the molecule is CC.CCC1OC(C)=C(C)C(C)(C)C1C. The smallest absolute Gasteiger partial charge is 0.101 e. The first kappa shape index (κ1) is 14.5. The molecule has 0 fully saturated rings. The van der Waals surface area contributed by atoms with E-state index in [0.29, 0.717) is 17.4 Å². The van der Waals surface area contributed by atoms with Crippen molar-refractivity contribution in [1.29, 1.82) is 0 Å². The molecule has 0 saturated heterocycles. The van der Waals surface area contributed by atoms with Gasteiger partial charge in [-0.15, -0.1) is 0 Å². The summed E-state index contributed by atoms with van der Waals surface area (Å²) in [5, 5.41) is 0. The van der Waals surface area contributed by atoms with Crippen LogP contribution in [0.4, 0.5) is 0 Å². The lowest BCUT2D eigenvalue weighted by Crippen LogP contribution is -2.38. The molecule has 0 aromatic rings. The van der Waals surface area contributed by atoms with Crippen LogP contribution in [-0.4, -0.2) is 6.10 Å². The fraction of sp³-hybridized carbons (Fsp3) is 0.857. The predicted molar refractivity (Wildman–Crippen MR) is 67.8 cm³/mol. The highest BCUT2D eigenvalue weighted by Gasteiger charge is 2.38. The number of rotatable bonds is 1. The second-order valence-corrected chi connectivity index (χ2v) is 4.76. The minimum absolute atomic E-state index is 0.295. The molecule has 2 unspecified atom stereocenters. The summed E-state index contributed by atoms with van der Waals surface area (Å²) in [7, 11) is 0. The third-order valence-corrected chi connectivity index (χ3v) is 3.92. The van der Waals surface area contributed by atoms with Crippen molar-refractivity contribution in [3.63, 3.8) is 0 Å². The Labute approximate surface area is 95.9 Å². The molecular formula is C14H28O. The topological polar surface area (TPSA) is 9.23 Å². The molecule has 0 N–H and O–H groups in total. The maximum Gasteiger partial charge on any atom is 0.101 e. The van der Waals surface area contributed by atoms with E-state index in [2.05, 4.69) is 41.5 Å². The van der Waals surface area contributed by atoms with Crippen molar-refractivity contribution < 1.29 is 4.74 Å².